The van der Waals surface area contributed by atoms with Gasteiger partial charge in [-0.05, 0) is 31.4 Å². The number of carbonyl (C=O) groups excluding carboxylic acids is 2. The molecule has 0 spiro atoms. The smallest absolute Gasteiger partial charge is 0.329 e. The zero-order chi connectivity index (χ0) is 30.4. The van der Waals surface area contributed by atoms with E-state index in [2.05, 4.69) is 15.5 Å². The van der Waals surface area contributed by atoms with Crippen LogP contribution in [0.5, 0.6) is 5.75 Å². The quantitative estimate of drug-likeness (QED) is 0.249. The van der Waals surface area contributed by atoms with Gasteiger partial charge >= 0.3 is 5.97 Å². The van der Waals surface area contributed by atoms with Crippen molar-refractivity contribution < 1.29 is 38.6 Å². The molecule has 1 saturated heterocycles. The number of hydrogen-bond donors (Lipinski definition) is 3. The van der Waals surface area contributed by atoms with Crippen LogP contribution in [0.1, 0.15) is 48.9 Å². The highest BCUT2D eigenvalue weighted by molar-refractivity contribution is 7.13. The highest BCUT2D eigenvalue weighted by Gasteiger charge is 2.43. The molecule has 226 valence electrons. The summed E-state index contributed by atoms with van der Waals surface area (Å²) in [6.45, 7) is 7.38. The van der Waals surface area contributed by atoms with Crippen LogP contribution in [-0.4, -0.2) is 81.5 Å². The van der Waals surface area contributed by atoms with E-state index in [1.165, 1.54) is 16.2 Å². The van der Waals surface area contributed by atoms with E-state index in [0.29, 0.717) is 22.8 Å². The van der Waals surface area contributed by atoms with Gasteiger partial charge in [-0.15, -0.1) is 11.3 Å². The summed E-state index contributed by atoms with van der Waals surface area (Å²) in [6.07, 6.45) is -0.716. The van der Waals surface area contributed by atoms with Crippen LogP contribution in [0.4, 0.5) is 0 Å². The SMILES string of the molecule is Cc1cc(C(C(=O)N2C[C@H](O)C[C@H]2C(=O)NCc2ccc(-c3scnc3C)cc2OCCOCC(=O)O)C(C)C)on1. The Bertz CT molecular complexity index is 1400. The van der Waals surface area contributed by atoms with Crippen LogP contribution in [0, 0.1) is 19.8 Å². The van der Waals surface area contributed by atoms with Crippen LogP contribution >= 0.6 is 11.3 Å². The van der Waals surface area contributed by atoms with Crippen molar-refractivity contribution in [2.45, 2.75) is 58.7 Å². The fourth-order valence-corrected chi connectivity index (χ4v) is 5.78. The maximum Gasteiger partial charge on any atom is 0.329 e. The molecule has 1 aromatic carbocycles. The molecule has 2 amide bonds. The van der Waals surface area contributed by atoms with Crippen molar-refractivity contribution in [3.63, 3.8) is 0 Å². The lowest BCUT2D eigenvalue weighted by Crippen LogP contribution is -2.48. The maximum absolute atomic E-state index is 13.7. The van der Waals surface area contributed by atoms with Crippen LogP contribution in [0.15, 0.2) is 34.3 Å². The second-order valence-electron chi connectivity index (χ2n) is 10.6. The number of carbonyl (C=O) groups is 3. The number of ether oxygens (including phenoxy) is 2. The number of aliphatic carboxylic acids is 1. The summed E-state index contributed by atoms with van der Waals surface area (Å²) < 4.78 is 16.4. The summed E-state index contributed by atoms with van der Waals surface area (Å²) in [5.41, 5.74) is 4.87. The summed E-state index contributed by atoms with van der Waals surface area (Å²) in [5, 5.41) is 26.0. The first-order chi connectivity index (χ1) is 20.0. The number of nitrogens with zero attached hydrogens (tertiary/aromatic N) is 3. The molecule has 42 heavy (non-hydrogen) atoms. The number of carboxylic acid groups (broad SMARTS) is 1. The molecule has 2 aromatic heterocycles. The third-order valence-electron chi connectivity index (χ3n) is 6.99. The summed E-state index contributed by atoms with van der Waals surface area (Å²) in [6, 6.07) is 6.47. The molecule has 1 aliphatic heterocycles. The molecule has 3 N–H and O–H groups in total. The number of carboxylic acids is 1. The molecule has 3 aromatic rings. The van der Waals surface area contributed by atoms with E-state index in [-0.39, 0.29) is 44.5 Å². The monoisotopic (exact) mass is 600 g/mol. The number of aliphatic hydroxyl groups excluding tert-OH is 1. The highest BCUT2D eigenvalue weighted by Crippen LogP contribution is 2.33. The second kappa shape index (κ2) is 13.9. The third-order valence-corrected chi connectivity index (χ3v) is 7.97. The van der Waals surface area contributed by atoms with Crippen LogP contribution in [0.3, 0.4) is 0 Å². The van der Waals surface area contributed by atoms with Gasteiger partial charge in [-0.2, -0.15) is 0 Å². The van der Waals surface area contributed by atoms with Crippen molar-refractivity contribution >= 4 is 29.1 Å². The number of amides is 2. The molecule has 4 rings (SSSR count). The topological polar surface area (TPSA) is 164 Å². The Hall–Kier alpha value is -3.81. The Labute approximate surface area is 247 Å². The average Bonchev–Trinajstić information content (AvgIpc) is 3.67. The number of aryl methyl sites for hydroxylation is 2. The van der Waals surface area contributed by atoms with E-state index >= 15 is 0 Å². The van der Waals surface area contributed by atoms with Gasteiger partial charge < -0.3 is 34.4 Å². The number of aliphatic hydroxyl groups is 1. The van der Waals surface area contributed by atoms with Crippen molar-refractivity contribution in [1.82, 2.24) is 20.4 Å². The molecular weight excluding hydrogens is 564 g/mol. The Morgan fingerprint density at radius 3 is 2.64 bits per heavy atom. The first-order valence-electron chi connectivity index (χ1n) is 13.7. The molecule has 3 atom stereocenters. The van der Waals surface area contributed by atoms with Gasteiger partial charge in [0, 0.05) is 31.1 Å². The minimum Gasteiger partial charge on any atom is -0.491 e. The molecule has 13 heteroatoms. The summed E-state index contributed by atoms with van der Waals surface area (Å²) >= 11 is 1.50. The van der Waals surface area contributed by atoms with Crippen molar-refractivity contribution in [2.24, 2.45) is 5.92 Å². The largest absolute Gasteiger partial charge is 0.491 e. The zero-order valence-corrected chi connectivity index (χ0v) is 24.8. The number of β-amino-alcohol motifs (C(OH)–C–C–N with tert-alkyl or cyclic N) is 1. The first-order valence-corrected chi connectivity index (χ1v) is 14.6. The van der Waals surface area contributed by atoms with Crippen molar-refractivity contribution in [1.29, 1.82) is 0 Å². The van der Waals surface area contributed by atoms with Gasteiger partial charge in [-0.25, -0.2) is 9.78 Å². The number of hydrogen-bond acceptors (Lipinski definition) is 10. The van der Waals surface area contributed by atoms with Gasteiger partial charge in [0.2, 0.25) is 11.8 Å². The number of rotatable bonds is 13. The Balaban J connectivity index is 1.48. The summed E-state index contributed by atoms with van der Waals surface area (Å²) in [7, 11) is 0. The van der Waals surface area contributed by atoms with Crippen molar-refractivity contribution in [2.75, 3.05) is 26.4 Å². The summed E-state index contributed by atoms with van der Waals surface area (Å²) in [4.78, 5) is 44.5. The molecule has 1 fully saturated rings. The van der Waals surface area contributed by atoms with Crippen LogP contribution < -0.4 is 10.1 Å². The second-order valence-corrected chi connectivity index (χ2v) is 11.4. The Morgan fingerprint density at radius 1 is 1.21 bits per heavy atom. The zero-order valence-electron chi connectivity index (χ0n) is 24.0. The fourth-order valence-electron chi connectivity index (χ4n) is 4.98. The number of benzene rings is 1. The fraction of sp³-hybridized carbons (Fsp3) is 0.483. The molecule has 12 nitrogen and oxygen atoms in total. The van der Waals surface area contributed by atoms with Crippen molar-refractivity contribution in [3.05, 3.63) is 52.5 Å². The van der Waals surface area contributed by atoms with E-state index in [1.807, 2.05) is 39.0 Å². The van der Waals surface area contributed by atoms with Gasteiger partial charge in [-0.1, -0.05) is 31.1 Å². The molecule has 0 saturated carbocycles. The van der Waals surface area contributed by atoms with Crippen LogP contribution in [-0.2, 0) is 25.7 Å². The molecule has 3 heterocycles. The third kappa shape index (κ3) is 7.52. The molecule has 0 radical (unpaired) electrons. The molecular formula is C29H36N4O8S. The summed E-state index contributed by atoms with van der Waals surface area (Å²) in [5.74, 6) is -1.59. The van der Waals surface area contributed by atoms with Crippen molar-refractivity contribution in [3.8, 4) is 16.2 Å². The first kappa shape index (κ1) is 31.1. The van der Waals surface area contributed by atoms with E-state index < -0.39 is 36.5 Å². The lowest BCUT2D eigenvalue weighted by atomic mass is 9.91. The lowest BCUT2D eigenvalue weighted by Gasteiger charge is -2.28. The standard InChI is InChI=1S/C29H36N4O8S/c1-16(2)26(24-9-17(3)32-41-24)29(38)33-13-21(34)11-22(33)28(37)30-12-20-6-5-19(27-18(4)31-15-42-27)10-23(20)40-8-7-39-14-25(35)36/h5-6,9-10,15-16,21-22,26,34H,7-8,11-14H2,1-4H3,(H,30,37)(H,35,36)/t21-,22+,26?/m1/s1. The van der Waals surface area contributed by atoms with E-state index in [9.17, 15) is 19.5 Å². The van der Waals surface area contributed by atoms with Crippen LogP contribution in [0.25, 0.3) is 10.4 Å². The molecule has 1 aliphatic rings. The number of aromatic nitrogens is 2. The molecule has 0 bridgehead atoms. The normalized spacial score (nSPS) is 17.4. The average molecular weight is 601 g/mol. The van der Waals surface area contributed by atoms with Gasteiger partial charge in [0.1, 0.15) is 36.7 Å². The van der Waals surface area contributed by atoms with E-state index in [4.69, 9.17) is 19.1 Å². The predicted molar refractivity (Wildman–Crippen MR) is 153 cm³/mol. The minimum absolute atomic E-state index is 0.0425. The van der Waals surface area contributed by atoms with E-state index in [0.717, 1.165) is 16.1 Å². The maximum atomic E-state index is 13.7. The van der Waals surface area contributed by atoms with Gasteiger partial charge in [0.25, 0.3) is 0 Å². The molecule has 1 unspecified atom stereocenters. The number of thiazole rings is 1. The Kier molecular flexibility index (Phi) is 10.3. The minimum atomic E-state index is -1.07. The Morgan fingerprint density at radius 2 is 2.00 bits per heavy atom. The highest BCUT2D eigenvalue weighted by atomic mass is 32.1. The van der Waals surface area contributed by atoms with Crippen LogP contribution in [0.2, 0.25) is 0 Å². The molecule has 0 aliphatic carbocycles. The van der Waals surface area contributed by atoms with Gasteiger partial charge in [0.05, 0.1) is 34.5 Å². The lowest BCUT2D eigenvalue weighted by molar-refractivity contribution is -0.142. The van der Waals surface area contributed by atoms with Gasteiger partial charge in [0.15, 0.2) is 0 Å². The van der Waals surface area contributed by atoms with E-state index in [1.54, 1.807) is 18.5 Å². The predicted octanol–water partition coefficient (Wildman–Crippen LogP) is 2.91. The van der Waals surface area contributed by atoms with Gasteiger partial charge in [-0.3, -0.25) is 9.59 Å². The number of likely N-dealkylation sites (tertiary alicyclic amines) is 1. The number of nitrogens with one attached hydrogen (secondary N) is 1.